The lowest BCUT2D eigenvalue weighted by molar-refractivity contribution is 0.456. The molecule has 4 heteroatoms. The number of hydrogen-bond acceptors (Lipinski definition) is 1. The minimum Gasteiger partial charge on any atom is -0.360 e. The lowest BCUT2D eigenvalue weighted by Gasteiger charge is -2.16. The van der Waals surface area contributed by atoms with E-state index in [2.05, 4.69) is 28.3 Å². The number of nitrogens with one attached hydrogen (secondary N) is 2. The molecule has 2 aromatic heterocycles. The van der Waals surface area contributed by atoms with E-state index in [9.17, 15) is 0 Å². The molecule has 2 aromatic rings. The quantitative estimate of drug-likeness (QED) is 0.646. The summed E-state index contributed by atoms with van der Waals surface area (Å²) >= 11 is 0. The Morgan fingerprint density at radius 2 is 1.64 bits per heavy atom. The number of aromatic amines is 2. The summed E-state index contributed by atoms with van der Waals surface area (Å²) in [6.07, 6.45) is 18.6. The average Bonchev–Trinajstić information content (AvgIpc) is 3.21. The molecule has 0 aromatic carbocycles. The smallest absolute Gasteiger partial charge is 0.0659 e. The first-order valence-electron chi connectivity index (χ1n) is 9.82. The van der Waals surface area contributed by atoms with Crippen molar-refractivity contribution in [3.05, 3.63) is 35.2 Å². The van der Waals surface area contributed by atoms with Crippen LogP contribution >= 0.6 is 12.4 Å². The van der Waals surface area contributed by atoms with Gasteiger partial charge in [-0.3, -0.25) is 4.99 Å². The van der Waals surface area contributed by atoms with Crippen LogP contribution in [0.2, 0.25) is 0 Å². The van der Waals surface area contributed by atoms with Gasteiger partial charge in [-0.1, -0.05) is 32.1 Å². The zero-order chi connectivity index (χ0) is 16.2. The molecule has 1 saturated carbocycles. The Morgan fingerprint density at radius 1 is 0.920 bits per heavy atom. The van der Waals surface area contributed by atoms with Crippen LogP contribution in [0.5, 0.6) is 0 Å². The fraction of sp³-hybridized carbons (Fsp3) is 0.571. The van der Waals surface area contributed by atoms with E-state index in [1.165, 1.54) is 98.8 Å². The van der Waals surface area contributed by atoms with Crippen LogP contribution in [0.1, 0.15) is 74.6 Å². The highest BCUT2D eigenvalue weighted by molar-refractivity contribution is 5.85. The fourth-order valence-corrected chi connectivity index (χ4v) is 4.35. The third kappa shape index (κ3) is 4.20. The van der Waals surface area contributed by atoms with Gasteiger partial charge in [-0.2, -0.15) is 0 Å². The van der Waals surface area contributed by atoms with Crippen LogP contribution in [0.25, 0.3) is 11.4 Å². The molecule has 25 heavy (non-hydrogen) atoms. The van der Waals surface area contributed by atoms with Gasteiger partial charge in [0.2, 0.25) is 0 Å². The van der Waals surface area contributed by atoms with Crippen LogP contribution in [0.15, 0.2) is 23.3 Å². The van der Waals surface area contributed by atoms with Crippen LogP contribution in [0, 0.1) is 0 Å². The van der Waals surface area contributed by atoms with Gasteiger partial charge < -0.3 is 9.97 Å². The van der Waals surface area contributed by atoms with Gasteiger partial charge in [0.05, 0.1) is 23.1 Å². The second-order valence-electron chi connectivity index (χ2n) is 7.44. The Bertz CT molecular complexity index is 676. The van der Waals surface area contributed by atoms with Crippen LogP contribution in [-0.4, -0.2) is 22.2 Å². The average molecular weight is 360 g/mol. The lowest BCUT2D eigenvalue weighted by atomic mass is 9.91. The molecular weight excluding hydrogens is 330 g/mol. The zero-order valence-corrected chi connectivity index (χ0v) is 15.8. The van der Waals surface area contributed by atoms with Gasteiger partial charge in [-0.25, -0.2) is 0 Å². The maximum absolute atomic E-state index is 4.99. The summed E-state index contributed by atoms with van der Waals surface area (Å²) < 4.78 is 0. The molecule has 2 aliphatic carbocycles. The van der Waals surface area contributed by atoms with E-state index in [4.69, 9.17) is 4.99 Å². The van der Waals surface area contributed by atoms with Gasteiger partial charge in [-0.15, -0.1) is 12.4 Å². The van der Waals surface area contributed by atoms with Gasteiger partial charge >= 0.3 is 0 Å². The van der Waals surface area contributed by atoms with Crippen molar-refractivity contribution in [3.63, 3.8) is 0 Å². The first kappa shape index (κ1) is 18.3. The summed E-state index contributed by atoms with van der Waals surface area (Å²) in [5.41, 5.74) is 6.78. The standard InChI is InChI=1S/C21H29N3.ClH/c1-2-4-9-16(10-5-3-1)23-15-20-17-11-6-7-12-18(17)21(24-20)19-13-8-14-22-19;/h8,13-16,22,24H,1-7,9-12H2;1H. The van der Waals surface area contributed by atoms with Crippen LogP contribution in [0.4, 0.5) is 0 Å². The Labute approximate surface area is 157 Å². The van der Waals surface area contributed by atoms with Crippen LogP contribution < -0.4 is 0 Å². The minimum absolute atomic E-state index is 0. The molecule has 0 saturated heterocycles. The maximum Gasteiger partial charge on any atom is 0.0659 e. The monoisotopic (exact) mass is 359 g/mol. The van der Waals surface area contributed by atoms with Crippen molar-refractivity contribution in [2.24, 2.45) is 4.99 Å². The molecule has 0 unspecified atom stereocenters. The molecule has 0 spiro atoms. The molecular formula is C21H30ClN3. The van der Waals surface area contributed by atoms with Crippen molar-refractivity contribution < 1.29 is 0 Å². The molecule has 0 amide bonds. The molecule has 0 atom stereocenters. The maximum atomic E-state index is 4.99. The van der Waals surface area contributed by atoms with Crippen molar-refractivity contribution in [1.29, 1.82) is 0 Å². The third-order valence-corrected chi connectivity index (χ3v) is 5.71. The topological polar surface area (TPSA) is 43.9 Å². The molecule has 2 aliphatic rings. The Kier molecular flexibility index (Phi) is 6.41. The van der Waals surface area contributed by atoms with Crippen molar-refractivity contribution in [2.45, 2.75) is 76.7 Å². The lowest BCUT2D eigenvalue weighted by Crippen LogP contribution is -2.08. The highest BCUT2D eigenvalue weighted by Crippen LogP contribution is 2.32. The number of halogens is 1. The SMILES string of the molecule is C(=NC1CCCCCCC1)c1[nH]c(-c2ccc[nH]2)c2c1CCCC2.Cl. The number of aliphatic imine (C=N–C) groups is 1. The van der Waals surface area contributed by atoms with Gasteiger partial charge in [0.25, 0.3) is 0 Å². The molecule has 3 nitrogen and oxygen atoms in total. The predicted molar refractivity (Wildman–Crippen MR) is 108 cm³/mol. The van der Waals surface area contributed by atoms with E-state index in [-0.39, 0.29) is 12.4 Å². The molecule has 4 rings (SSSR count). The van der Waals surface area contributed by atoms with Gasteiger partial charge in [0, 0.05) is 12.4 Å². The number of rotatable bonds is 3. The molecule has 136 valence electrons. The summed E-state index contributed by atoms with van der Waals surface area (Å²) in [4.78, 5) is 12.0. The largest absolute Gasteiger partial charge is 0.360 e. The summed E-state index contributed by atoms with van der Waals surface area (Å²) in [6.45, 7) is 0. The second kappa shape index (κ2) is 8.75. The van der Waals surface area contributed by atoms with Crippen molar-refractivity contribution in [1.82, 2.24) is 9.97 Å². The summed E-state index contributed by atoms with van der Waals surface area (Å²) in [7, 11) is 0. The summed E-state index contributed by atoms with van der Waals surface area (Å²) in [5, 5.41) is 0. The van der Waals surface area contributed by atoms with E-state index in [1.807, 2.05) is 6.20 Å². The van der Waals surface area contributed by atoms with E-state index < -0.39 is 0 Å². The van der Waals surface area contributed by atoms with E-state index in [1.54, 1.807) is 0 Å². The first-order chi connectivity index (χ1) is 11.9. The number of nitrogens with zero attached hydrogens (tertiary/aromatic N) is 1. The van der Waals surface area contributed by atoms with Crippen LogP contribution in [-0.2, 0) is 12.8 Å². The molecule has 2 heterocycles. The summed E-state index contributed by atoms with van der Waals surface area (Å²) in [5.74, 6) is 0. The number of fused-ring (bicyclic) bond motifs is 1. The number of aromatic nitrogens is 2. The molecule has 2 N–H and O–H groups in total. The Morgan fingerprint density at radius 3 is 2.36 bits per heavy atom. The highest BCUT2D eigenvalue weighted by Gasteiger charge is 2.21. The van der Waals surface area contributed by atoms with Crippen molar-refractivity contribution in [2.75, 3.05) is 0 Å². The minimum atomic E-state index is 0. The third-order valence-electron chi connectivity index (χ3n) is 5.71. The molecule has 0 bridgehead atoms. The number of hydrogen-bond donors (Lipinski definition) is 2. The first-order valence-corrected chi connectivity index (χ1v) is 9.82. The molecule has 0 aliphatic heterocycles. The number of H-pyrrole nitrogens is 2. The normalized spacial score (nSPS) is 19.2. The predicted octanol–water partition coefficient (Wildman–Crippen LogP) is 5.84. The van der Waals surface area contributed by atoms with E-state index in [0.29, 0.717) is 6.04 Å². The summed E-state index contributed by atoms with van der Waals surface area (Å²) in [6, 6.07) is 4.77. The highest BCUT2D eigenvalue weighted by atomic mass is 35.5. The Hall–Kier alpha value is -1.48. The fourth-order valence-electron chi connectivity index (χ4n) is 4.35. The zero-order valence-electron chi connectivity index (χ0n) is 15.0. The molecule has 0 radical (unpaired) electrons. The van der Waals surface area contributed by atoms with E-state index in [0.717, 1.165) is 0 Å². The van der Waals surface area contributed by atoms with E-state index >= 15 is 0 Å². The Balaban J connectivity index is 0.00000182. The second-order valence-corrected chi connectivity index (χ2v) is 7.44. The van der Waals surface area contributed by atoms with Crippen molar-refractivity contribution in [3.8, 4) is 11.4 Å². The van der Waals surface area contributed by atoms with Gasteiger partial charge in [0.1, 0.15) is 0 Å². The van der Waals surface area contributed by atoms with Crippen LogP contribution in [0.3, 0.4) is 0 Å². The molecule has 1 fully saturated rings. The van der Waals surface area contributed by atoms with Crippen molar-refractivity contribution >= 4 is 18.6 Å². The van der Waals surface area contributed by atoms with Gasteiger partial charge in [0.15, 0.2) is 0 Å². The van der Waals surface area contributed by atoms with Gasteiger partial charge in [-0.05, 0) is 61.8 Å².